The number of hydrogen-bond donors (Lipinski definition) is 2. The van der Waals surface area contributed by atoms with Crippen molar-refractivity contribution in [1.29, 1.82) is 0 Å². The van der Waals surface area contributed by atoms with E-state index in [0.717, 1.165) is 11.3 Å². The summed E-state index contributed by atoms with van der Waals surface area (Å²) < 4.78 is 0. The molecule has 0 radical (unpaired) electrons. The second-order valence-corrected chi connectivity index (χ2v) is 3.72. The standard InChI is InChI=1S/C14H14N2O.C2H6/c15-10-11-6-8-13(9-7-11)16-14(17)12-4-2-1-3-5-12;1-2/h1-9H,10,15H2,(H,16,17);1-2H3. The SMILES string of the molecule is CC.NCc1ccc(NC(=O)c2ccccc2)cc1. The van der Waals surface area contributed by atoms with Gasteiger partial charge in [-0.2, -0.15) is 0 Å². The van der Waals surface area contributed by atoms with Crippen LogP contribution < -0.4 is 11.1 Å². The van der Waals surface area contributed by atoms with Gasteiger partial charge in [0.05, 0.1) is 0 Å². The maximum Gasteiger partial charge on any atom is 0.255 e. The number of anilines is 1. The molecule has 2 aromatic rings. The third kappa shape index (κ3) is 4.56. The molecule has 0 heterocycles. The fourth-order valence-corrected chi connectivity index (χ4v) is 1.52. The monoisotopic (exact) mass is 256 g/mol. The van der Waals surface area contributed by atoms with Crippen molar-refractivity contribution in [3.63, 3.8) is 0 Å². The zero-order valence-electron chi connectivity index (χ0n) is 11.4. The quantitative estimate of drug-likeness (QED) is 0.884. The van der Waals surface area contributed by atoms with Crippen LogP contribution in [0.2, 0.25) is 0 Å². The first-order valence-electron chi connectivity index (χ1n) is 6.45. The van der Waals surface area contributed by atoms with Crippen molar-refractivity contribution >= 4 is 11.6 Å². The predicted octanol–water partition coefficient (Wildman–Crippen LogP) is 3.42. The van der Waals surface area contributed by atoms with Crippen LogP contribution >= 0.6 is 0 Å². The first-order valence-corrected chi connectivity index (χ1v) is 6.45. The van der Waals surface area contributed by atoms with Gasteiger partial charge in [0.15, 0.2) is 0 Å². The van der Waals surface area contributed by atoms with Crippen LogP contribution in [0.5, 0.6) is 0 Å². The number of nitrogens with one attached hydrogen (secondary N) is 1. The minimum absolute atomic E-state index is 0.105. The Kier molecular flexibility index (Phi) is 6.33. The van der Waals surface area contributed by atoms with Gasteiger partial charge in [-0.3, -0.25) is 4.79 Å². The Hall–Kier alpha value is -2.13. The summed E-state index contributed by atoms with van der Waals surface area (Å²) >= 11 is 0. The molecule has 0 saturated heterocycles. The number of benzene rings is 2. The molecule has 2 aromatic carbocycles. The Morgan fingerprint density at radius 3 is 2.11 bits per heavy atom. The molecule has 0 unspecified atom stereocenters. The molecule has 0 aliphatic heterocycles. The van der Waals surface area contributed by atoms with Gasteiger partial charge in [0.2, 0.25) is 0 Å². The highest BCUT2D eigenvalue weighted by atomic mass is 16.1. The minimum atomic E-state index is -0.105. The summed E-state index contributed by atoms with van der Waals surface area (Å²) in [6.45, 7) is 4.51. The zero-order chi connectivity index (χ0) is 14.1. The van der Waals surface area contributed by atoms with Gasteiger partial charge in [-0.05, 0) is 29.8 Å². The molecule has 0 aliphatic carbocycles. The number of nitrogens with two attached hydrogens (primary N) is 1. The Balaban J connectivity index is 0.000000861. The summed E-state index contributed by atoms with van der Waals surface area (Å²) in [5.74, 6) is -0.105. The molecular weight excluding hydrogens is 236 g/mol. The number of amides is 1. The summed E-state index contributed by atoms with van der Waals surface area (Å²) in [5.41, 5.74) is 7.97. The zero-order valence-corrected chi connectivity index (χ0v) is 11.4. The predicted molar refractivity (Wildman–Crippen MR) is 80.1 cm³/mol. The van der Waals surface area contributed by atoms with Crippen molar-refractivity contribution in [1.82, 2.24) is 0 Å². The molecule has 0 bridgehead atoms. The molecule has 0 aliphatic rings. The largest absolute Gasteiger partial charge is 0.326 e. The van der Waals surface area contributed by atoms with E-state index in [1.807, 2.05) is 56.3 Å². The van der Waals surface area contributed by atoms with E-state index >= 15 is 0 Å². The lowest BCUT2D eigenvalue weighted by molar-refractivity contribution is 0.102. The number of hydrogen-bond acceptors (Lipinski definition) is 2. The van der Waals surface area contributed by atoms with Gasteiger partial charge < -0.3 is 11.1 Å². The lowest BCUT2D eigenvalue weighted by Crippen LogP contribution is -2.11. The lowest BCUT2D eigenvalue weighted by Gasteiger charge is -2.05. The average Bonchev–Trinajstić information content (AvgIpc) is 2.51. The minimum Gasteiger partial charge on any atom is -0.326 e. The van der Waals surface area contributed by atoms with Gasteiger partial charge in [0, 0.05) is 17.8 Å². The van der Waals surface area contributed by atoms with E-state index in [9.17, 15) is 4.79 Å². The van der Waals surface area contributed by atoms with E-state index in [1.54, 1.807) is 12.1 Å². The van der Waals surface area contributed by atoms with Crippen molar-refractivity contribution in [3.05, 3.63) is 65.7 Å². The van der Waals surface area contributed by atoms with Crippen LogP contribution in [0.4, 0.5) is 5.69 Å². The van der Waals surface area contributed by atoms with E-state index < -0.39 is 0 Å². The average molecular weight is 256 g/mol. The molecule has 1 amide bonds. The van der Waals surface area contributed by atoms with Gasteiger partial charge in [-0.15, -0.1) is 0 Å². The van der Waals surface area contributed by atoms with Crippen LogP contribution in [0, 0.1) is 0 Å². The van der Waals surface area contributed by atoms with Crippen molar-refractivity contribution in [2.45, 2.75) is 20.4 Å². The first-order chi connectivity index (χ1) is 9.29. The third-order valence-corrected chi connectivity index (χ3v) is 2.48. The number of rotatable bonds is 3. The highest BCUT2D eigenvalue weighted by molar-refractivity contribution is 6.04. The van der Waals surface area contributed by atoms with Crippen LogP contribution in [0.3, 0.4) is 0 Å². The Labute approximate surface area is 114 Å². The summed E-state index contributed by atoms with van der Waals surface area (Å²) in [5, 5.41) is 2.83. The van der Waals surface area contributed by atoms with Crippen molar-refractivity contribution < 1.29 is 4.79 Å². The summed E-state index contributed by atoms with van der Waals surface area (Å²) in [6, 6.07) is 16.6. The molecular formula is C16H20N2O. The molecule has 3 N–H and O–H groups in total. The summed E-state index contributed by atoms with van der Waals surface area (Å²) in [4.78, 5) is 11.8. The van der Waals surface area contributed by atoms with Gasteiger partial charge in [0.25, 0.3) is 5.91 Å². The summed E-state index contributed by atoms with van der Waals surface area (Å²) in [6.07, 6.45) is 0. The van der Waals surface area contributed by atoms with Crippen LogP contribution in [0.15, 0.2) is 54.6 Å². The fraction of sp³-hybridized carbons (Fsp3) is 0.188. The van der Waals surface area contributed by atoms with E-state index in [-0.39, 0.29) is 5.91 Å². The van der Waals surface area contributed by atoms with E-state index in [0.29, 0.717) is 12.1 Å². The van der Waals surface area contributed by atoms with Gasteiger partial charge in [-0.1, -0.05) is 44.2 Å². The smallest absolute Gasteiger partial charge is 0.255 e. The van der Waals surface area contributed by atoms with Crippen LogP contribution in [0.1, 0.15) is 29.8 Å². The molecule has 0 fully saturated rings. The normalized spacial score (nSPS) is 9.21. The number of carbonyl (C=O) groups excluding carboxylic acids is 1. The Morgan fingerprint density at radius 2 is 1.58 bits per heavy atom. The highest BCUT2D eigenvalue weighted by Gasteiger charge is 2.04. The van der Waals surface area contributed by atoms with E-state index in [1.165, 1.54) is 0 Å². The molecule has 3 nitrogen and oxygen atoms in total. The first kappa shape index (κ1) is 14.9. The molecule has 2 rings (SSSR count). The highest BCUT2D eigenvalue weighted by Crippen LogP contribution is 2.11. The second kappa shape index (κ2) is 8.06. The van der Waals surface area contributed by atoms with Crippen molar-refractivity contribution in [2.24, 2.45) is 5.73 Å². The maximum atomic E-state index is 11.8. The number of carbonyl (C=O) groups is 1. The molecule has 0 atom stereocenters. The van der Waals surface area contributed by atoms with Gasteiger partial charge in [0.1, 0.15) is 0 Å². The van der Waals surface area contributed by atoms with Crippen LogP contribution in [-0.4, -0.2) is 5.91 Å². The third-order valence-electron chi connectivity index (χ3n) is 2.48. The molecule has 0 saturated carbocycles. The van der Waals surface area contributed by atoms with Gasteiger partial charge in [-0.25, -0.2) is 0 Å². The molecule has 100 valence electrons. The van der Waals surface area contributed by atoms with Crippen LogP contribution in [-0.2, 0) is 6.54 Å². The lowest BCUT2D eigenvalue weighted by atomic mass is 10.2. The maximum absolute atomic E-state index is 11.8. The molecule has 19 heavy (non-hydrogen) atoms. The second-order valence-electron chi connectivity index (χ2n) is 3.72. The fourth-order valence-electron chi connectivity index (χ4n) is 1.52. The van der Waals surface area contributed by atoms with Crippen molar-refractivity contribution in [2.75, 3.05) is 5.32 Å². The molecule has 3 heteroatoms. The Bertz CT molecular complexity index is 492. The van der Waals surface area contributed by atoms with Crippen molar-refractivity contribution in [3.8, 4) is 0 Å². The molecule has 0 aromatic heterocycles. The van der Waals surface area contributed by atoms with E-state index in [4.69, 9.17) is 5.73 Å². The van der Waals surface area contributed by atoms with Gasteiger partial charge >= 0.3 is 0 Å². The van der Waals surface area contributed by atoms with E-state index in [2.05, 4.69) is 5.32 Å². The van der Waals surface area contributed by atoms with Crippen LogP contribution in [0.25, 0.3) is 0 Å². The molecule has 0 spiro atoms. The topological polar surface area (TPSA) is 55.1 Å². The Morgan fingerprint density at radius 1 is 1.00 bits per heavy atom. The summed E-state index contributed by atoms with van der Waals surface area (Å²) in [7, 11) is 0.